The average Bonchev–Trinajstić information content (AvgIpc) is 3.13. The Hall–Kier alpha value is -1.62. The molecule has 0 saturated heterocycles. The van der Waals surface area contributed by atoms with Gasteiger partial charge in [-0.25, -0.2) is 0 Å². The summed E-state index contributed by atoms with van der Waals surface area (Å²) in [5, 5.41) is 0. The Morgan fingerprint density at radius 1 is 1.56 bits per heavy atom. The SMILES string of the molecule is C#CCOC1=CCC(C(OC)=C2CC2)C=C1. The van der Waals surface area contributed by atoms with Crippen LogP contribution in [0, 0.1) is 18.3 Å². The molecule has 0 bridgehead atoms. The van der Waals surface area contributed by atoms with Crippen molar-refractivity contribution in [3.8, 4) is 12.3 Å². The molecule has 2 nitrogen and oxygen atoms in total. The van der Waals surface area contributed by atoms with Crippen molar-refractivity contribution in [2.24, 2.45) is 5.92 Å². The van der Waals surface area contributed by atoms with E-state index in [9.17, 15) is 0 Å². The van der Waals surface area contributed by atoms with Crippen LogP contribution in [0.1, 0.15) is 19.3 Å². The number of hydrogen-bond acceptors (Lipinski definition) is 2. The van der Waals surface area contributed by atoms with Crippen molar-refractivity contribution in [1.82, 2.24) is 0 Å². The van der Waals surface area contributed by atoms with E-state index in [4.69, 9.17) is 15.9 Å². The fourth-order valence-electron chi connectivity index (χ4n) is 1.89. The molecule has 0 aromatic rings. The zero-order valence-electron chi connectivity index (χ0n) is 9.53. The molecule has 16 heavy (non-hydrogen) atoms. The van der Waals surface area contributed by atoms with Gasteiger partial charge in [0, 0.05) is 5.92 Å². The molecule has 0 aromatic carbocycles. The van der Waals surface area contributed by atoms with Crippen LogP contribution in [0.25, 0.3) is 0 Å². The summed E-state index contributed by atoms with van der Waals surface area (Å²) >= 11 is 0. The van der Waals surface area contributed by atoms with Crippen LogP contribution < -0.4 is 0 Å². The van der Waals surface area contributed by atoms with Gasteiger partial charge >= 0.3 is 0 Å². The van der Waals surface area contributed by atoms with Crippen molar-refractivity contribution < 1.29 is 9.47 Å². The molecule has 0 spiro atoms. The van der Waals surface area contributed by atoms with Gasteiger partial charge in [0.25, 0.3) is 0 Å². The molecule has 1 unspecified atom stereocenters. The van der Waals surface area contributed by atoms with Gasteiger partial charge in [-0.05, 0) is 37.0 Å². The van der Waals surface area contributed by atoms with Gasteiger partial charge in [-0.1, -0.05) is 12.0 Å². The maximum absolute atomic E-state index is 5.46. The lowest BCUT2D eigenvalue weighted by atomic mass is 9.97. The maximum Gasteiger partial charge on any atom is 0.148 e. The van der Waals surface area contributed by atoms with Crippen molar-refractivity contribution in [3.05, 3.63) is 35.3 Å². The predicted octanol–water partition coefficient (Wildman–Crippen LogP) is 2.79. The predicted molar refractivity (Wildman–Crippen MR) is 63.4 cm³/mol. The summed E-state index contributed by atoms with van der Waals surface area (Å²) < 4.78 is 10.8. The second-order valence-corrected chi connectivity index (χ2v) is 3.97. The molecular weight excluding hydrogens is 200 g/mol. The Balaban J connectivity index is 1.95. The van der Waals surface area contributed by atoms with E-state index in [1.54, 1.807) is 7.11 Å². The second-order valence-electron chi connectivity index (χ2n) is 3.97. The number of rotatable bonds is 4. The summed E-state index contributed by atoms with van der Waals surface area (Å²) in [4.78, 5) is 0. The molecule has 0 amide bonds. The molecule has 1 saturated carbocycles. The highest BCUT2D eigenvalue weighted by Gasteiger charge is 2.24. The van der Waals surface area contributed by atoms with E-state index in [1.165, 1.54) is 18.4 Å². The van der Waals surface area contributed by atoms with E-state index in [0.717, 1.165) is 17.9 Å². The summed E-state index contributed by atoms with van der Waals surface area (Å²) in [5.74, 6) is 4.84. The van der Waals surface area contributed by atoms with E-state index in [0.29, 0.717) is 12.5 Å². The lowest BCUT2D eigenvalue weighted by molar-refractivity contribution is 0.244. The van der Waals surface area contributed by atoms with Gasteiger partial charge < -0.3 is 9.47 Å². The molecule has 0 N–H and O–H groups in total. The molecule has 0 aliphatic heterocycles. The first-order valence-electron chi connectivity index (χ1n) is 5.55. The van der Waals surface area contributed by atoms with Gasteiger partial charge in [0.15, 0.2) is 0 Å². The number of hydrogen-bond donors (Lipinski definition) is 0. The smallest absolute Gasteiger partial charge is 0.148 e. The monoisotopic (exact) mass is 216 g/mol. The Kier molecular flexibility index (Phi) is 3.36. The number of ether oxygens (including phenoxy) is 2. The summed E-state index contributed by atoms with van der Waals surface area (Å²) in [6.45, 7) is 0.332. The molecule has 2 rings (SSSR count). The Labute approximate surface area is 96.6 Å². The lowest BCUT2D eigenvalue weighted by Crippen LogP contribution is -2.07. The normalized spacial score (nSPS) is 22.1. The van der Waals surface area contributed by atoms with Crippen molar-refractivity contribution in [2.45, 2.75) is 19.3 Å². The van der Waals surface area contributed by atoms with Crippen LogP contribution in [-0.4, -0.2) is 13.7 Å². The summed E-state index contributed by atoms with van der Waals surface area (Å²) in [7, 11) is 1.75. The Morgan fingerprint density at radius 2 is 2.38 bits per heavy atom. The molecule has 1 atom stereocenters. The van der Waals surface area contributed by atoms with Gasteiger partial charge in [0.05, 0.1) is 7.11 Å². The van der Waals surface area contributed by atoms with Crippen LogP contribution in [0.5, 0.6) is 0 Å². The van der Waals surface area contributed by atoms with Crippen LogP contribution in [0.2, 0.25) is 0 Å². The zero-order valence-corrected chi connectivity index (χ0v) is 9.53. The Bertz CT molecular complexity index is 387. The third-order valence-corrected chi connectivity index (χ3v) is 2.79. The quantitative estimate of drug-likeness (QED) is 0.531. The van der Waals surface area contributed by atoms with E-state index in [2.05, 4.69) is 18.1 Å². The van der Waals surface area contributed by atoms with E-state index < -0.39 is 0 Å². The van der Waals surface area contributed by atoms with Gasteiger partial charge in [0.1, 0.15) is 18.1 Å². The third-order valence-electron chi connectivity index (χ3n) is 2.79. The fraction of sp³-hybridized carbons (Fsp3) is 0.429. The average molecular weight is 216 g/mol. The largest absolute Gasteiger partial charge is 0.501 e. The summed E-state index contributed by atoms with van der Waals surface area (Å²) in [6.07, 6.45) is 14.6. The topological polar surface area (TPSA) is 18.5 Å². The minimum atomic E-state index is 0.332. The first-order valence-corrected chi connectivity index (χ1v) is 5.55. The lowest BCUT2D eigenvalue weighted by Gasteiger charge is -2.18. The molecule has 0 radical (unpaired) electrons. The minimum absolute atomic E-state index is 0.332. The highest BCUT2D eigenvalue weighted by atomic mass is 16.5. The van der Waals surface area contributed by atoms with Gasteiger partial charge in [0.2, 0.25) is 0 Å². The molecule has 84 valence electrons. The molecule has 2 aliphatic rings. The molecule has 0 heterocycles. The number of terminal acetylenes is 1. The van der Waals surface area contributed by atoms with Crippen molar-refractivity contribution >= 4 is 0 Å². The summed E-state index contributed by atoms with van der Waals surface area (Å²) in [5.41, 5.74) is 1.46. The fourth-order valence-corrected chi connectivity index (χ4v) is 1.89. The second kappa shape index (κ2) is 4.94. The molecule has 2 aliphatic carbocycles. The van der Waals surface area contributed by atoms with E-state index in [1.807, 2.05) is 6.08 Å². The van der Waals surface area contributed by atoms with Crippen LogP contribution in [0.15, 0.2) is 35.3 Å². The highest BCUT2D eigenvalue weighted by molar-refractivity contribution is 5.30. The minimum Gasteiger partial charge on any atom is -0.501 e. The Morgan fingerprint density at radius 3 is 2.88 bits per heavy atom. The van der Waals surface area contributed by atoms with Gasteiger partial charge in [-0.2, -0.15) is 0 Å². The van der Waals surface area contributed by atoms with E-state index >= 15 is 0 Å². The standard InChI is InChI=1S/C14H16O2/c1-3-10-16-13-8-6-12(7-9-13)14(15-2)11-4-5-11/h1,6,8-9,12H,4-5,7,10H2,2H3. The van der Waals surface area contributed by atoms with Gasteiger partial charge in [-0.3, -0.25) is 0 Å². The molecule has 0 aromatic heterocycles. The van der Waals surface area contributed by atoms with Crippen molar-refractivity contribution in [3.63, 3.8) is 0 Å². The van der Waals surface area contributed by atoms with Crippen molar-refractivity contribution in [1.29, 1.82) is 0 Å². The van der Waals surface area contributed by atoms with Crippen LogP contribution in [0.4, 0.5) is 0 Å². The maximum atomic E-state index is 5.46. The van der Waals surface area contributed by atoms with E-state index in [-0.39, 0.29) is 0 Å². The zero-order chi connectivity index (χ0) is 11.4. The number of methoxy groups -OCH3 is 1. The molecular formula is C14H16O2. The van der Waals surface area contributed by atoms with Crippen LogP contribution >= 0.6 is 0 Å². The number of allylic oxidation sites excluding steroid dienone is 4. The molecule has 1 fully saturated rings. The third kappa shape index (κ3) is 2.49. The first-order chi connectivity index (χ1) is 7.85. The van der Waals surface area contributed by atoms with Crippen molar-refractivity contribution in [2.75, 3.05) is 13.7 Å². The van der Waals surface area contributed by atoms with Gasteiger partial charge in [-0.15, -0.1) is 6.42 Å². The first kappa shape index (κ1) is 10.9. The molecule has 2 heteroatoms. The van der Waals surface area contributed by atoms with Crippen LogP contribution in [0.3, 0.4) is 0 Å². The summed E-state index contributed by atoms with van der Waals surface area (Å²) in [6, 6.07) is 0. The van der Waals surface area contributed by atoms with Crippen LogP contribution in [-0.2, 0) is 9.47 Å². The highest BCUT2D eigenvalue weighted by Crippen LogP contribution is 2.37.